The third-order valence-electron chi connectivity index (χ3n) is 4.51. The lowest BCUT2D eigenvalue weighted by molar-refractivity contribution is -0.154. The molecule has 0 saturated carbocycles. The Morgan fingerprint density at radius 3 is 2.67 bits per heavy atom. The second-order valence-electron chi connectivity index (χ2n) is 6.86. The number of carbonyl (C=O) groups excluding carboxylic acids is 2. The van der Waals surface area contributed by atoms with Gasteiger partial charge < -0.3 is 15.0 Å². The van der Waals surface area contributed by atoms with Crippen LogP contribution in [0.3, 0.4) is 0 Å². The van der Waals surface area contributed by atoms with E-state index >= 15 is 0 Å². The van der Waals surface area contributed by atoms with Gasteiger partial charge in [0.1, 0.15) is 11.6 Å². The number of fused-ring (bicyclic) bond motifs is 1. The number of carbonyl (C=O) groups is 2. The van der Waals surface area contributed by atoms with E-state index in [4.69, 9.17) is 4.74 Å². The molecule has 1 amide bonds. The highest BCUT2D eigenvalue weighted by Crippen LogP contribution is 2.08. The topological polar surface area (TPSA) is 101 Å². The van der Waals surface area contributed by atoms with Crippen molar-refractivity contribution in [2.45, 2.75) is 38.8 Å². The van der Waals surface area contributed by atoms with Crippen LogP contribution in [0.25, 0.3) is 10.9 Å². The lowest BCUT2D eigenvalue weighted by Gasteiger charge is -2.13. The fourth-order valence-corrected chi connectivity index (χ4v) is 2.90. The van der Waals surface area contributed by atoms with Gasteiger partial charge in [-0.2, -0.15) is 0 Å². The Labute approximate surface area is 172 Å². The molecule has 0 unspecified atom stereocenters. The van der Waals surface area contributed by atoms with Gasteiger partial charge in [0.15, 0.2) is 6.10 Å². The van der Waals surface area contributed by atoms with E-state index in [1.807, 2.05) is 0 Å². The molecule has 0 bridgehead atoms. The number of rotatable bonds is 8. The molecule has 0 aliphatic rings. The van der Waals surface area contributed by atoms with E-state index < -0.39 is 18.0 Å². The van der Waals surface area contributed by atoms with Crippen LogP contribution in [0.1, 0.15) is 31.2 Å². The summed E-state index contributed by atoms with van der Waals surface area (Å²) in [6, 6.07) is 12.8. The molecule has 0 radical (unpaired) electrons. The van der Waals surface area contributed by atoms with Crippen molar-refractivity contribution in [3.05, 3.63) is 76.1 Å². The summed E-state index contributed by atoms with van der Waals surface area (Å²) < 4.78 is 18.0. The van der Waals surface area contributed by atoms with E-state index in [9.17, 15) is 18.8 Å². The number of aromatic nitrogens is 2. The third-order valence-corrected chi connectivity index (χ3v) is 4.51. The average Bonchev–Trinajstić information content (AvgIpc) is 2.73. The number of aryl methyl sites for hydroxylation is 1. The van der Waals surface area contributed by atoms with Crippen LogP contribution < -0.4 is 10.9 Å². The average molecular weight is 411 g/mol. The number of nitrogens with zero attached hydrogens (tertiary/aromatic N) is 1. The minimum absolute atomic E-state index is 0.0894. The van der Waals surface area contributed by atoms with Crippen LogP contribution in [-0.2, 0) is 27.3 Å². The molecule has 8 heteroatoms. The minimum atomic E-state index is -0.948. The van der Waals surface area contributed by atoms with Gasteiger partial charge in [0.05, 0.1) is 10.9 Å². The van der Waals surface area contributed by atoms with Gasteiger partial charge in [-0.3, -0.25) is 14.4 Å². The number of H-pyrrole nitrogens is 1. The maximum absolute atomic E-state index is 12.9. The quantitative estimate of drug-likeness (QED) is 0.555. The fourth-order valence-electron chi connectivity index (χ4n) is 2.90. The van der Waals surface area contributed by atoms with Crippen LogP contribution in [0.5, 0.6) is 0 Å². The predicted octanol–water partition coefficient (Wildman–Crippen LogP) is 2.63. The normalized spacial score (nSPS) is 11.8. The molecule has 0 aliphatic carbocycles. The van der Waals surface area contributed by atoms with Crippen LogP contribution in [0, 0.1) is 5.82 Å². The van der Waals surface area contributed by atoms with Gasteiger partial charge in [-0.25, -0.2) is 9.37 Å². The summed E-state index contributed by atoms with van der Waals surface area (Å²) in [7, 11) is 0. The van der Waals surface area contributed by atoms with Gasteiger partial charge in [-0.15, -0.1) is 0 Å². The number of ether oxygens (including phenoxy) is 1. The standard InChI is InChI=1S/C22H22FN3O4/c1-14(21(28)24-13-15-9-11-16(23)12-10-15)30-20(27)8-4-7-19-25-18-6-3-2-5-17(18)22(29)26-19/h2-3,5-6,9-12,14H,4,7-8,13H2,1H3,(H,24,28)(H,25,26,29)/t14-/m1/s1. The van der Waals surface area contributed by atoms with Crippen molar-refractivity contribution in [1.82, 2.24) is 15.3 Å². The lowest BCUT2D eigenvalue weighted by atomic mass is 10.2. The second-order valence-corrected chi connectivity index (χ2v) is 6.86. The van der Waals surface area contributed by atoms with Crippen LogP contribution in [0.4, 0.5) is 4.39 Å². The lowest BCUT2D eigenvalue weighted by Crippen LogP contribution is -2.35. The van der Waals surface area contributed by atoms with Crippen LogP contribution in [-0.4, -0.2) is 27.9 Å². The fraction of sp³-hybridized carbons (Fsp3) is 0.273. The Balaban J connectivity index is 1.43. The molecular weight excluding hydrogens is 389 g/mol. The number of nitrogens with one attached hydrogen (secondary N) is 2. The molecule has 0 aliphatic heterocycles. The van der Waals surface area contributed by atoms with E-state index in [1.165, 1.54) is 19.1 Å². The Morgan fingerprint density at radius 2 is 1.90 bits per heavy atom. The third kappa shape index (κ3) is 5.73. The first-order valence-electron chi connectivity index (χ1n) is 9.62. The van der Waals surface area contributed by atoms with Crippen LogP contribution in [0.15, 0.2) is 53.3 Å². The van der Waals surface area contributed by atoms with Crippen LogP contribution >= 0.6 is 0 Å². The molecule has 0 fully saturated rings. The van der Waals surface area contributed by atoms with Crippen molar-refractivity contribution in [2.24, 2.45) is 0 Å². The van der Waals surface area contributed by atoms with Gasteiger partial charge >= 0.3 is 5.97 Å². The number of esters is 1. The first kappa shape index (κ1) is 21.2. The molecule has 156 valence electrons. The highest BCUT2D eigenvalue weighted by molar-refractivity contribution is 5.83. The van der Waals surface area contributed by atoms with Gasteiger partial charge in [-0.1, -0.05) is 24.3 Å². The monoisotopic (exact) mass is 411 g/mol. The molecule has 2 N–H and O–H groups in total. The van der Waals surface area contributed by atoms with Crippen molar-refractivity contribution < 1.29 is 18.7 Å². The van der Waals surface area contributed by atoms with Crippen LogP contribution in [0.2, 0.25) is 0 Å². The highest BCUT2D eigenvalue weighted by Gasteiger charge is 2.17. The molecule has 1 aromatic heterocycles. The van der Waals surface area contributed by atoms with Gasteiger partial charge in [0, 0.05) is 19.4 Å². The van der Waals surface area contributed by atoms with Crippen molar-refractivity contribution in [2.75, 3.05) is 0 Å². The second kappa shape index (κ2) is 9.78. The largest absolute Gasteiger partial charge is 0.453 e. The summed E-state index contributed by atoms with van der Waals surface area (Å²) in [6.45, 7) is 1.70. The summed E-state index contributed by atoms with van der Waals surface area (Å²) >= 11 is 0. The van der Waals surface area contributed by atoms with Gasteiger partial charge in [0.2, 0.25) is 0 Å². The number of aromatic amines is 1. The van der Waals surface area contributed by atoms with Gasteiger partial charge in [-0.05, 0) is 43.2 Å². The first-order valence-corrected chi connectivity index (χ1v) is 9.62. The Kier molecular flexibility index (Phi) is 6.90. The van der Waals surface area contributed by atoms with Crippen molar-refractivity contribution >= 4 is 22.8 Å². The number of hydrogen-bond donors (Lipinski definition) is 2. The van der Waals surface area contributed by atoms with E-state index in [0.717, 1.165) is 5.56 Å². The SMILES string of the molecule is C[C@@H](OC(=O)CCCc1nc2ccccc2c(=O)[nH]1)C(=O)NCc1ccc(F)cc1. The molecule has 3 aromatic rings. The molecule has 7 nitrogen and oxygen atoms in total. The maximum atomic E-state index is 12.9. The van der Waals surface area contributed by atoms with E-state index in [-0.39, 0.29) is 24.3 Å². The zero-order valence-electron chi connectivity index (χ0n) is 16.5. The molecule has 1 heterocycles. The van der Waals surface area contributed by atoms with Crippen molar-refractivity contribution in [3.63, 3.8) is 0 Å². The minimum Gasteiger partial charge on any atom is -0.453 e. The molecule has 2 aromatic carbocycles. The summed E-state index contributed by atoms with van der Waals surface area (Å²) in [4.78, 5) is 43.2. The van der Waals surface area contributed by atoms with E-state index in [1.54, 1.807) is 36.4 Å². The van der Waals surface area contributed by atoms with Crippen molar-refractivity contribution in [3.8, 4) is 0 Å². The first-order chi connectivity index (χ1) is 14.4. The predicted molar refractivity (Wildman–Crippen MR) is 109 cm³/mol. The Morgan fingerprint density at radius 1 is 1.17 bits per heavy atom. The maximum Gasteiger partial charge on any atom is 0.306 e. The summed E-state index contributed by atoms with van der Waals surface area (Å²) in [6.07, 6.45) is -0.0345. The summed E-state index contributed by atoms with van der Waals surface area (Å²) in [5, 5.41) is 3.16. The number of amides is 1. The number of para-hydroxylation sites is 1. The molecule has 3 rings (SSSR count). The van der Waals surface area contributed by atoms with Crippen molar-refractivity contribution in [1.29, 1.82) is 0 Å². The Hall–Kier alpha value is -3.55. The van der Waals surface area contributed by atoms with E-state index in [2.05, 4.69) is 15.3 Å². The number of hydrogen-bond acceptors (Lipinski definition) is 5. The number of benzene rings is 2. The molecule has 0 spiro atoms. The Bertz CT molecular complexity index is 1100. The van der Waals surface area contributed by atoms with E-state index in [0.29, 0.717) is 29.6 Å². The number of halogens is 1. The smallest absolute Gasteiger partial charge is 0.306 e. The van der Waals surface area contributed by atoms with Gasteiger partial charge in [0.25, 0.3) is 11.5 Å². The molecule has 0 saturated heterocycles. The summed E-state index contributed by atoms with van der Waals surface area (Å²) in [5.41, 5.74) is 1.12. The molecule has 30 heavy (non-hydrogen) atoms. The molecular formula is C22H22FN3O4. The molecule has 1 atom stereocenters. The zero-order chi connectivity index (χ0) is 21.5. The zero-order valence-corrected chi connectivity index (χ0v) is 16.5. The highest BCUT2D eigenvalue weighted by atomic mass is 19.1. The summed E-state index contributed by atoms with van der Waals surface area (Å²) in [5.74, 6) is -0.803.